The number of benzene rings is 1. The van der Waals surface area contributed by atoms with Crippen LogP contribution >= 0.6 is 0 Å². The van der Waals surface area contributed by atoms with Crippen LogP contribution in [0.2, 0.25) is 0 Å². The van der Waals surface area contributed by atoms with Crippen molar-refractivity contribution < 1.29 is 19.0 Å². The SMILES string of the molecule is COc1ccc2c3c([nH]c2c1)C1CC2C(CC4OC(=O)C2C4OC)CN1CC3. The average molecular weight is 382 g/mol. The average Bonchev–Trinajstić information content (AvgIpc) is 3.19. The number of piperidine rings is 1. The monoisotopic (exact) mass is 382 g/mol. The van der Waals surface area contributed by atoms with Crippen molar-refractivity contribution in [2.45, 2.75) is 37.5 Å². The zero-order chi connectivity index (χ0) is 19.0. The molecule has 6 heteroatoms. The summed E-state index contributed by atoms with van der Waals surface area (Å²) in [5, 5.41) is 1.30. The molecule has 0 amide bonds. The first kappa shape index (κ1) is 16.9. The first-order valence-corrected chi connectivity index (χ1v) is 10.3. The van der Waals surface area contributed by atoms with Crippen LogP contribution in [-0.4, -0.2) is 55.4 Å². The van der Waals surface area contributed by atoms with Gasteiger partial charge in [0.2, 0.25) is 0 Å². The minimum atomic E-state index is -0.106. The molecule has 1 N–H and O–H groups in total. The minimum absolute atomic E-state index is 0.0461. The van der Waals surface area contributed by atoms with Crippen LogP contribution in [-0.2, 0) is 20.7 Å². The lowest BCUT2D eigenvalue weighted by molar-refractivity contribution is -0.144. The second-order valence-electron chi connectivity index (χ2n) is 8.79. The summed E-state index contributed by atoms with van der Waals surface area (Å²) in [6, 6.07) is 6.64. The van der Waals surface area contributed by atoms with Crippen LogP contribution in [0.25, 0.3) is 10.9 Å². The summed E-state index contributed by atoms with van der Waals surface area (Å²) in [6.45, 7) is 2.13. The van der Waals surface area contributed by atoms with Crippen LogP contribution in [0.5, 0.6) is 5.75 Å². The van der Waals surface area contributed by atoms with E-state index in [0.29, 0.717) is 17.9 Å². The van der Waals surface area contributed by atoms with Gasteiger partial charge in [-0.1, -0.05) is 0 Å². The number of aromatic amines is 1. The number of H-pyrrole nitrogens is 1. The first-order valence-electron chi connectivity index (χ1n) is 10.3. The van der Waals surface area contributed by atoms with Gasteiger partial charge in [0.05, 0.1) is 19.1 Å². The van der Waals surface area contributed by atoms with Crippen LogP contribution in [0, 0.1) is 17.8 Å². The number of nitrogens with one attached hydrogen (secondary N) is 1. The van der Waals surface area contributed by atoms with E-state index in [0.717, 1.165) is 43.6 Å². The summed E-state index contributed by atoms with van der Waals surface area (Å²) in [7, 11) is 3.42. The summed E-state index contributed by atoms with van der Waals surface area (Å²) in [5.74, 6) is 1.59. The van der Waals surface area contributed by atoms with Gasteiger partial charge in [0.1, 0.15) is 18.0 Å². The second-order valence-corrected chi connectivity index (χ2v) is 8.79. The number of nitrogens with zero attached hydrogens (tertiary/aromatic N) is 1. The van der Waals surface area contributed by atoms with Gasteiger partial charge in [0.15, 0.2) is 0 Å². The van der Waals surface area contributed by atoms with Crippen molar-refractivity contribution in [3.05, 3.63) is 29.5 Å². The topological polar surface area (TPSA) is 63.8 Å². The van der Waals surface area contributed by atoms with Crippen LogP contribution < -0.4 is 4.74 Å². The third kappa shape index (κ3) is 2.19. The molecule has 6 rings (SSSR count). The minimum Gasteiger partial charge on any atom is -0.497 e. The van der Waals surface area contributed by atoms with E-state index in [4.69, 9.17) is 14.2 Å². The Morgan fingerprint density at radius 3 is 2.96 bits per heavy atom. The van der Waals surface area contributed by atoms with Crippen molar-refractivity contribution in [1.82, 2.24) is 9.88 Å². The summed E-state index contributed by atoms with van der Waals surface area (Å²) >= 11 is 0. The Balaban J connectivity index is 1.39. The Hall–Kier alpha value is -2.05. The molecular weight excluding hydrogens is 356 g/mol. The van der Waals surface area contributed by atoms with E-state index in [-0.39, 0.29) is 24.1 Å². The lowest BCUT2D eigenvalue weighted by atomic mass is 9.65. The normalized spacial score (nSPS) is 36.6. The van der Waals surface area contributed by atoms with Crippen molar-refractivity contribution in [1.29, 1.82) is 0 Å². The van der Waals surface area contributed by atoms with E-state index in [1.54, 1.807) is 14.2 Å². The quantitative estimate of drug-likeness (QED) is 0.809. The number of carbonyl (C=O) groups is 1. The Morgan fingerprint density at radius 2 is 2.14 bits per heavy atom. The third-order valence-corrected chi connectivity index (χ3v) is 7.67. The summed E-state index contributed by atoms with van der Waals surface area (Å²) < 4.78 is 16.8. The molecule has 0 radical (unpaired) electrons. The fourth-order valence-electron chi connectivity index (χ4n) is 6.45. The maximum absolute atomic E-state index is 12.6. The molecule has 1 saturated carbocycles. The molecule has 1 aliphatic carbocycles. The van der Waals surface area contributed by atoms with E-state index in [1.165, 1.54) is 16.6 Å². The molecule has 2 saturated heterocycles. The summed E-state index contributed by atoms with van der Waals surface area (Å²) in [4.78, 5) is 18.9. The molecule has 1 aromatic heterocycles. The van der Waals surface area contributed by atoms with E-state index in [2.05, 4.69) is 22.0 Å². The molecule has 6 atom stereocenters. The Bertz CT molecular complexity index is 953. The highest BCUT2D eigenvalue weighted by atomic mass is 16.6. The van der Waals surface area contributed by atoms with Gasteiger partial charge in [-0.2, -0.15) is 0 Å². The van der Waals surface area contributed by atoms with Crippen molar-refractivity contribution >= 4 is 16.9 Å². The lowest BCUT2D eigenvalue weighted by Crippen LogP contribution is -2.53. The van der Waals surface area contributed by atoms with Gasteiger partial charge >= 0.3 is 5.97 Å². The zero-order valence-corrected chi connectivity index (χ0v) is 16.3. The third-order valence-electron chi connectivity index (χ3n) is 7.67. The van der Waals surface area contributed by atoms with Crippen LogP contribution in [0.15, 0.2) is 18.2 Å². The zero-order valence-electron chi connectivity index (χ0n) is 16.3. The van der Waals surface area contributed by atoms with Gasteiger partial charge < -0.3 is 19.2 Å². The Morgan fingerprint density at radius 1 is 1.25 bits per heavy atom. The maximum Gasteiger partial charge on any atom is 0.312 e. The maximum atomic E-state index is 12.6. The number of esters is 1. The first-order chi connectivity index (χ1) is 13.7. The molecule has 6 unspecified atom stereocenters. The molecule has 2 aromatic rings. The number of hydrogen-bond donors (Lipinski definition) is 1. The smallest absolute Gasteiger partial charge is 0.312 e. The fourth-order valence-corrected chi connectivity index (χ4v) is 6.45. The van der Waals surface area contributed by atoms with E-state index in [1.807, 2.05) is 6.07 Å². The molecule has 4 heterocycles. The number of hydrogen-bond acceptors (Lipinski definition) is 5. The molecule has 3 fully saturated rings. The Labute approximate surface area is 164 Å². The van der Waals surface area contributed by atoms with Gasteiger partial charge in [-0.05, 0) is 48.8 Å². The number of methoxy groups -OCH3 is 2. The number of aromatic nitrogens is 1. The van der Waals surface area contributed by atoms with Crippen LogP contribution in [0.3, 0.4) is 0 Å². The Kier molecular flexibility index (Phi) is 3.60. The highest BCUT2D eigenvalue weighted by Crippen LogP contribution is 2.52. The molecule has 4 aliphatic rings. The predicted molar refractivity (Wildman–Crippen MR) is 103 cm³/mol. The molecule has 3 aliphatic heterocycles. The van der Waals surface area contributed by atoms with Gasteiger partial charge in [0.25, 0.3) is 0 Å². The van der Waals surface area contributed by atoms with Gasteiger partial charge in [0, 0.05) is 42.9 Å². The predicted octanol–water partition coefficient (Wildman–Crippen LogP) is 2.67. The molecule has 0 spiro atoms. The molecular formula is C22H26N2O4. The van der Waals surface area contributed by atoms with Crippen molar-refractivity contribution in [2.24, 2.45) is 17.8 Å². The lowest BCUT2D eigenvalue weighted by Gasteiger charge is -2.50. The number of rotatable bonds is 2. The molecule has 148 valence electrons. The number of ether oxygens (including phenoxy) is 3. The summed E-state index contributed by atoms with van der Waals surface area (Å²) in [5.41, 5.74) is 3.91. The highest BCUT2D eigenvalue weighted by molar-refractivity contribution is 5.86. The molecule has 1 aromatic carbocycles. The van der Waals surface area contributed by atoms with E-state index < -0.39 is 0 Å². The molecule has 28 heavy (non-hydrogen) atoms. The fraction of sp³-hybridized carbons (Fsp3) is 0.591. The standard InChI is InChI=1S/C22H26N2O4/c1-26-12-3-4-13-14-5-6-24-10-11-7-18-21(27-2)19(22(25)28-18)15(11)9-17(24)20(14)23-16(13)8-12/h3-4,8,11,15,17-19,21,23H,5-7,9-10H2,1-2H3. The second kappa shape index (κ2) is 5.97. The van der Waals surface area contributed by atoms with Crippen LogP contribution in [0.4, 0.5) is 0 Å². The van der Waals surface area contributed by atoms with Gasteiger partial charge in [-0.15, -0.1) is 0 Å². The number of fused-ring (bicyclic) bond motifs is 9. The van der Waals surface area contributed by atoms with E-state index in [9.17, 15) is 4.79 Å². The summed E-state index contributed by atoms with van der Waals surface area (Å²) in [6.07, 6.45) is 2.87. The van der Waals surface area contributed by atoms with E-state index >= 15 is 0 Å². The van der Waals surface area contributed by atoms with Crippen molar-refractivity contribution in [2.75, 3.05) is 27.3 Å². The largest absolute Gasteiger partial charge is 0.497 e. The van der Waals surface area contributed by atoms with Gasteiger partial charge in [-0.25, -0.2) is 0 Å². The van der Waals surface area contributed by atoms with Gasteiger partial charge in [-0.3, -0.25) is 9.69 Å². The molecule has 6 nitrogen and oxygen atoms in total. The number of carbonyl (C=O) groups excluding carboxylic acids is 1. The van der Waals surface area contributed by atoms with Crippen molar-refractivity contribution in [3.8, 4) is 5.75 Å². The molecule has 2 bridgehead atoms. The van der Waals surface area contributed by atoms with Crippen LogP contribution in [0.1, 0.15) is 30.1 Å². The highest BCUT2D eigenvalue weighted by Gasteiger charge is 2.58. The van der Waals surface area contributed by atoms with Crippen molar-refractivity contribution in [3.63, 3.8) is 0 Å².